The molecule has 0 atom stereocenters. The van der Waals surface area contributed by atoms with Crippen LogP contribution in [0.15, 0.2) is 60.7 Å². The van der Waals surface area contributed by atoms with E-state index in [2.05, 4.69) is 10.6 Å². The van der Waals surface area contributed by atoms with Gasteiger partial charge in [0.05, 0.1) is 22.7 Å². The molecule has 0 spiro atoms. The molecule has 2 N–H and O–H groups in total. The lowest BCUT2D eigenvalue weighted by molar-refractivity contribution is -0.137. The van der Waals surface area contributed by atoms with E-state index < -0.39 is 23.1 Å². The van der Waals surface area contributed by atoms with Crippen molar-refractivity contribution in [2.75, 3.05) is 10.2 Å². The average Bonchev–Trinajstić information content (AvgIpc) is 3.18. The third kappa shape index (κ3) is 5.67. The number of carbonyl (C=O) groups excluding carboxylic acids is 3. The van der Waals surface area contributed by atoms with Gasteiger partial charge in [0.2, 0.25) is 5.91 Å². The summed E-state index contributed by atoms with van der Waals surface area (Å²) in [6, 6.07) is 14.2. The van der Waals surface area contributed by atoms with Gasteiger partial charge in [-0.05, 0) is 53.6 Å². The number of anilines is 2. The van der Waals surface area contributed by atoms with Crippen molar-refractivity contribution in [2.45, 2.75) is 40.0 Å². The number of benzene rings is 3. The zero-order chi connectivity index (χ0) is 27.8. The summed E-state index contributed by atoms with van der Waals surface area (Å²) in [6.07, 6.45) is -4.47. The van der Waals surface area contributed by atoms with Gasteiger partial charge in [-0.1, -0.05) is 50.6 Å². The Morgan fingerprint density at radius 2 is 1.68 bits per heavy atom. The summed E-state index contributed by atoms with van der Waals surface area (Å²) >= 11 is 6.47. The van der Waals surface area contributed by atoms with Gasteiger partial charge in [0.25, 0.3) is 11.8 Å². The number of amides is 3. The number of alkyl halides is 3. The monoisotopic (exact) mass is 543 g/mol. The van der Waals surface area contributed by atoms with Crippen molar-refractivity contribution >= 4 is 40.7 Å². The van der Waals surface area contributed by atoms with E-state index in [0.29, 0.717) is 28.1 Å². The molecule has 3 aromatic rings. The Morgan fingerprint density at radius 3 is 2.32 bits per heavy atom. The summed E-state index contributed by atoms with van der Waals surface area (Å²) in [4.78, 5) is 39.6. The van der Waals surface area contributed by atoms with E-state index in [-0.39, 0.29) is 35.5 Å². The summed E-state index contributed by atoms with van der Waals surface area (Å²) in [5, 5.41) is 5.74. The summed E-state index contributed by atoms with van der Waals surface area (Å²) in [7, 11) is 0. The zero-order valence-corrected chi connectivity index (χ0v) is 21.6. The van der Waals surface area contributed by atoms with Gasteiger partial charge in [0.1, 0.15) is 0 Å². The average molecular weight is 544 g/mol. The molecule has 6 nitrogen and oxygen atoms in total. The molecule has 38 heavy (non-hydrogen) atoms. The summed E-state index contributed by atoms with van der Waals surface area (Å²) < 4.78 is 38.6. The molecule has 0 fully saturated rings. The molecule has 0 aromatic heterocycles. The van der Waals surface area contributed by atoms with Gasteiger partial charge in [-0.25, -0.2) is 0 Å². The Balaban J connectivity index is 1.48. The molecule has 0 radical (unpaired) electrons. The van der Waals surface area contributed by atoms with Crippen molar-refractivity contribution in [3.8, 4) is 0 Å². The number of nitrogens with zero attached hydrogens (tertiary/aromatic N) is 1. The molecule has 10 heteroatoms. The number of hydrogen-bond donors (Lipinski definition) is 2. The molecule has 0 bridgehead atoms. The maximum atomic E-state index is 13.0. The molecule has 0 unspecified atom stereocenters. The van der Waals surface area contributed by atoms with E-state index in [9.17, 15) is 27.6 Å². The predicted molar refractivity (Wildman–Crippen MR) is 139 cm³/mol. The van der Waals surface area contributed by atoms with Gasteiger partial charge in [0, 0.05) is 28.9 Å². The Labute approximate surface area is 222 Å². The number of fused-ring (bicyclic) bond motifs is 1. The normalized spacial score (nSPS) is 13.3. The Kier molecular flexibility index (Phi) is 7.25. The molecule has 0 saturated heterocycles. The fourth-order valence-corrected chi connectivity index (χ4v) is 4.23. The van der Waals surface area contributed by atoms with Gasteiger partial charge in [-0.3, -0.25) is 14.4 Å². The molecule has 0 saturated carbocycles. The SMILES string of the molecule is CC(C)(C)C(=O)NCc1cccc(C(=O)Nc2ccc3c(c2)C(=O)N(c2ccc(C(F)(F)F)cc2)C3)c1Cl. The van der Waals surface area contributed by atoms with E-state index >= 15 is 0 Å². The maximum Gasteiger partial charge on any atom is 0.416 e. The minimum absolute atomic E-state index is 0.156. The quantitative estimate of drug-likeness (QED) is 0.389. The van der Waals surface area contributed by atoms with Gasteiger partial charge in [0.15, 0.2) is 0 Å². The highest BCUT2D eigenvalue weighted by atomic mass is 35.5. The van der Waals surface area contributed by atoms with E-state index in [0.717, 1.165) is 12.1 Å². The molecule has 3 amide bonds. The van der Waals surface area contributed by atoms with Crippen LogP contribution in [0.2, 0.25) is 5.02 Å². The van der Waals surface area contributed by atoms with Crippen molar-refractivity contribution in [2.24, 2.45) is 5.41 Å². The van der Waals surface area contributed by atoms with Crippen molar-refractivity contribution in [1.82, 2.24) is 5.32 Å². The second kappa shape index (κ2) is 10.1. The summed E-state index contributed by atoms with van der Waals surface area (Å²) in [6.45, 7) is 5.72. The fourth-order valence-electron chi connectivity index (χ4n) is 3.95. The summed E-state index contributed by atoms with van der Waals surface area (Å²) in [5.74, 6) is -1.04. The largest absolute Gasteiger partial charge is 0.416 e. The highest BCUT2D eigenvalue weighted by molar-refractivity contribution is 6.35. The minimum Gasteiger partial charge on any atom is -0.352 e. The number of rotatable bonds is 5. The third-order valence-corrected chi connectivity index (χ3v) is 6.57. The molecule has 198 valence electrons. The lowest BCUT2D eigenvalue weighted by atomic mass is 9.95. The maximum absolute atomic E-state index is 13.0. The molecule has 3 aromatic carbocycles. The van der Waals surface area contributed by atoms with E-state index in [4.69, 9.17) is 11.6 Å². The minimum atomic E-state index is -4.47. The lowest BCUT2D eigenvalue weighted by Crippen LogP contribution is -2.34. The van der Waals surface area contributed by atoms with Crippen molar-refractivity contribution in [3.63, 3.8) is 0 Å². The lowest BCUT2D eigenvalue weighted by Gasteiger charge is -2.18. The Morgan fingerprint density at radius 1 is 1.00 bits per heavy atom. The highest BCUT2D eigenvalue weighted by Gasteiger charge is 2.32. The third-order valence-electron chi connectivity index (χ3n) is 6.12. The molecule has 1 aliphatic rings. The standard InChI is InChI=1S/C28H25ClF3N3O3/c1-27(2,3)26(38)33-14-16-5-4-6-21(23(16)29)24(36)34-19-10-7-17-15-35(25(37)22(17)13-19)20-11-8-18(9-12-20)28(30,31)32/h4-13H,14-15H2,1-3H3,(H,33,38)(H,34,36). The predicted octanol–water partition coefficient (Wildman–Crippen LogP) is 6.43. The zero-order valence-electron chi connectivity index (χ0n) is 20.9. The van der Waals surface area contributed by atoms with E-state index in [1.807, 2.05) is 0 Å². The van der Waals surface area contributed by atoms with E-state index in [1.165, 1.54) is 23.1 Å². The second-order valence-electron chi connectivity index (χ2n) is 9.97. The summed E-state index contributed by atoms with van der Waals surface area (Å²) in [5.41, 5.74) is 1.13. The fraction of sp³-hybridized carbons (Fsp3) is 0.250. The van der Waals surface area contributed by atoms with Crippen LogP contribution in [-0.4, -0.2) is 17.7 Å². The van der Waals surface area contributed by atoms with Crippen LogP contribution in [0.5, 0.6) is 0 Å². The number of nitrogens with one attached hydrogen (secondary N) is 2. The van der Waals surface area contributed by atoms with Crippen LogP contribution in [0, 0.1) is 5.41 Å². The number of carbonyl (C=O) groups is 3. The molecular formula is C28H25ClF3N3O3. The van der Waals surface area contributed by atoms with Crippen LogP contribution in [-0.2, 0) is 24.1 Å². The molecular weight excluding hydrogens is 519 g/mol. The highest BCUT2D eigenvalue weighted by Crippen LogP contribution is 2.34. The number of hydrogen-bond acceptors (Lipinski definition) is 3. The van der Waals surface area contributed by atoms with Crippen LogP contribution in [0.1, 0.15) is 58.2 Å². The first-order chi connectivity index (χ1) is 17.8. The second-order valence-corrected chi connectivity index (χ2v) is 10.4. The molecule has 4 rings (SSSR count). The van der Waals surface area contributed by atoms with Crippen LogP contribution in [0.25, 0.3) is 0 Å². The van der Waals surface area contributed by atoms with E-state index in [1.54, 1.807) is 51.1 Å². The van der Waals surface area contributed by atoms with Gasteiger partial charge in [-0.15, -0.1) is 0 Å². The molecule has 0 aliphatic carbocycles. The van der Waals surface area contributed by atoms with Crippen molar-refractivity contribution in [1.29, 1.82) is 0 Å². The first-order valence-corrected chi connectivity index (χ1v) is 12.1. The van der Waals surface area contributed by atoms with Crippen LogP contribution < -0.4 is 15.5 Å². The van der Waals surface area contributed by atoms with Gasteiger partial charge < -0.3 is 15.5 Å². The smallest absolute Gasteiger partial charge is 0.352 e. The Bertz CT molecular complexity index is 1410. The number of halogens is 4. The van der Waals surface area contributed by atoms with Crippen molar-refractivity contribution < 1.29 is 27.6 Å². The van der Waals surface area contributed by atoms with Gasteiger partial charge >= 0.3 is 6.18 Å². The Hall–Kier alpha value is -3.85. The van der Waals surface area contributed by atoms with Crippen LogP contribution in [0.4, 0.5) is 24.5 Å². The van der Waals surface area contributed by atoms with Crippen LogP contribution in [0.3, 0.4) is 0 Å². The molecule has 1 aliphatic heterocycles. The van der Waals surface area contributed by atoms with Crippen molar-refractivity contribution in [3.05, 3.63) is 93.5 Å². The first-order valence-electron chi connectivity index (χ1n) is 11.7. The molecule has 1 heterocycles. The van der Waals surface area contributed by atoms with Crippen LogP contribution >= 0.6 is 11.6 Å². The first kappa shape index (κ1) is 27.2. The topological polar surface area (TPSA) is 78.5 Å². The van der Waals surface area contributed by atoms with Gasteiger partial charge in [-0.2, -0.15) is 13.2 Å².